The van der Waals surface area contributed by atoms with Gasteiger partial charge in [0, 0.05) is 5.56 Å². The molecule has 5 nitrogen and oxygen atoms in total. The molecule has 0 heterocycles. The van der Waals surface area contributed by atoms with E-state index >= 15 is 0 Å². The standard InChI is InChI=1S/C11H13NO4S/c1-2-17(15,16)12-11(14)8-10(13)9-6-4-3-5-7-9/h3-7H,2,8H2,1H3,(H,12,14). The minimum Gasteiger partial charge on any atom is -0.294 e. The van der Waals surface area contributed by atoms with E-state index in [1.54, 1.807) is 30.3 Å². The molecule has 0 saturated heterocycles. The Morgan fingerprint density at radius 1 is 1.18 bits per heavy atom. The first-order chi connectivity index (χ1) is 7.94. The lowest BCUT2D eigenvalue weighted by atomic mass is 10.1. The van der Waals surface area contributed by atoms with Crippen LogP contribution in [0.15, 0.2) is 30.3 Å². The van der Waals surface area contributed by atoms with Crippen LogP contribution in [0.3, 0.4) is 0 Å². The fourth-order valence-corrected chi connectivity index (χ4v) is 1.72. The maximum Gasteiger partial charge on any atom is 0.241 e. The number of amides is 1. The smallest absolute Gasteiger partial charge is 0.241 e. The quantitative estimate of drug-likeness (QED) is 0.621. The average Bonchev–Trinajstić information content (AvgIpc) is 2.29. The first-order valence-electron chi connectivity index (χ1n) is 5.06. The first-order valence-corrected chi connectivity index (χ1v) is 6.71. The number of hydrogen-bond donors (Lipinski definition) is 1. The van der Waals surface area contributed by atoms with Crippen LogP contribution in [0.4, 0.5) is 0 Å². The third kappa shape index (κ3) is 4.36. The van der Waals surface area contributed by atoms with Crippen LogP contribution >= 0.6 is 0 Å². The summed E-state index contributed by atoms with van der Waals surface area (Å²) in [4.78, 5) is 22.9. The van der Waals surface area contributed by atoms with Crippen molar-refractivity contribution in [3.05, 3.63) is 35.9 Å². The second-order valence-corrected chi connectivity index (χ2v) is 5.41. The second-order valence-electron chi connectivity index (χ2n) is 3.39. The molecule has 0 unspecified atom stereocenters. The largest absolute Gasteiger partial charge is 0.294 e. The Bertz CT molecular complexity index is 508. The Balaban J connectivity index is 2.62. The number of carbonyl (C=O) groups excluding carboxylic acids is 2. The van der Waals surface area contributed by atoms with Gasteiger partial charge in [-0.2, -0.15) is 0 Å². The Kier molecular flexibility index (Phi) is 4.39. The molecule has 0 atom stereocenters. The van der Waals surface area contributed by atoms with Gasteiger partial charge in [-0.15, -0.1) is 0 Å². The number of nitrogens with one attached hydrogen (secondary N) is 1. The summed E-state index contributed by atoms with van der Waals surface area (Å²) in [6, 6.07) is 8.24. The molecular formula is C11H13NO4S. The highest BCUT2D eigenvalue weighted by molar-refractivity contribution is 7.90. The van der Waals surface area contributed by atoms with Gasteiger partial charge < -0.3 is 0 Å². The fourth-order valence-electron chi connectivity index (χ4n) is 1.15. The van der Waals surface area contributed by atoms with E-state index in [1.807, 2.05) is 4.72 Å². The van der Waals surface area contributed by atoms with E-state index in [4.69, 9.17) is 0 Å². The maximum atomic E-state index is 11.6. The van der Waals surface area contributed by atoms with E-state index in [0.717, 1.165) is 0 Å². The lowest BCUT2D eigenvalue weighted by Crippen LogP contribution is -2.33. The predicted molar refractivity (Wildman–Crippen MR) is 63.0 cm³/mol. The summed E-state index contributed by atoms with van der Waals surface area (Å²) in [5, 5.41) is 0. The van der Waals surface area contributed by atoms with Gasteiger partial charge in [-0.25, -0.2) is 8.42 Å². The van der Waals surface area contributed by atoms with Crippen molar-refractivity contribution in [1.29, 1.82) is 0 Å². The van der Waals surface area contributed by atoms with E-state index in [9.17, 15) is 18.0 Å². The Morgan fingerprint density at radius 2 is 1.76 bits per heavy atom. The summed E-state index contributed by atoms with van der Waals surface area (Å²) in [5.41, 5.74) is 0.386. The number of Topliss-reactive ketones (excluding diaryl/α,β-unsaturated/α-hetero) is 1. The molecule has 1 aromatic carbocycles. The first kappa shape index (κ1) is 13.4. The number of sulfonamides is 1. The van der Waals surface area contributed by atoms with Crippen LogP contribution in [-0.4, -0.2) is 25.9 Å². The normalized spacial score (nSPS) is 10.9. The molecule has 0 aromatic heterocycles. The molecule has 17 heavy (non-hydrogen) atoms. The molecule has 1 amide bonds. The summed E-state index contributed by atoms with van der Waals surface area (Å²) < 4.78 is 24.0. The molecule has 0 aliphatic carbocycles. The van der Waals surface area contributed by atoms with E-state index in [2.05, 4.69) is 0 Å². The van der Waals surface area contributed by atoms with Crippen LogP contribution in [-0.2, 0) is 14.8 Å². The van der Waals surface area contributed by atoms with Crippen LogP contribution in [0.1, 0.15) is 23.7 Å². The molecule has 0 aliphatic heterocycles. The van der Waals surface area contributed by atoms with Crippen molar-refractivity contribution in [3.63, 3.8) is 0 Å². The summed E-state index contributed by atoms with van der Waals surface area (Å²) in [6.45, 7) is 1.41. The average molecular weight is 255 g/mol. The third-order valence-electron chi connectivity index (χ3n) is 2.07. The highest BCUT2D eigenvalue weighted by Gasteiger charge is 2.16. The van der Waals surface area contributed by atoms with Crippen LogP contribution < -0.4 is 4.72 Å². The van der Waals surface area contributed by atoms with Gasteiger partial charge in [0.25, 0.3) is 0 Å². The van der Waals surface area contributed by atoms with Gasteiger partial charge in [0.2, 0.25) is 15.9 Å². The van der Waals surface area contributed by atoms with Crippen LogP contribution in [0.5, 0.6) is 0 Å². The zero-order valence-corrected chi connectivity index (χ0v) is 10.2. The highest BCUT2D eigenvalue weighted by Crippen LogP contribution is 2.03. The van der Waals surface area contributed by atoms with E-state index in [0.29, 0.717) is 5.56 Å². The molecule has 6 heteroatoms. The molecular weight excluding hydrogens is 242 g/mol. The van der Waals surface area contributed by atoms with Gasteiger partial charge in [0.15, 0.2) is 5.78 Å². The summed E-state index contributed by atoms with van der Waals surface area (Å²) >= 11 is 0. The van der Waals surface area contributed by atoms with Crippen molar-refractivity contribution in [3.8, 4) is 0 Å². The van der Waals surface area contributed by atoms with Crippen molar-refractivity contribution in [1.82, 2.24) is 4.72 Å². The van der Waals surface area contributed by atoms with Crippen LogP contribution in [0, 0.1) is 0 Å². The summed E-state index contributed by atoms with van der Waals surface area (Å²) in [7, 11) is -3.60. The van der Waals surface area contributed by atoms with Crippen molar-refractivity contribution in [2.45, 2.75) is 13.3 Å². The Hall–Kier alpha value is -1.69. The van der Waals surface area contributed by atoms with Gasteiger partial charge in [-0.05, 0) is 6.92 Å². The lowest BCUT2D eigenvalue weighted by molar-refractivity contribution is -0.118. The van der Waals surface area contributed by atoms with Crippen molar-refractivity contribution >= 4 is 21.7 Å². The Labute approximate surface area is 99.9 Å². The number of rotatable bonds is 5. The monoisotopic (exact) mass is 255 g/mol. The van der Waals surface area contributed by atoms with Crippen molar-refractivity contribution in [2.24, 2.45) is 0 Å². The van der Waals surface area contributed by atoms with E-state index in [-0.39, 0.29) is 5.75 Å². The molecule has 0 bridgehead atoms. The summed E-state index contributed by atoms with van der Waals surface area (Å²) in [6.07, 6.45) is -0.469. The van der Waals surface area contributed by atoms with Gasteiger partial charge in [-0.3, -0.25) is 14.3 Å². The van der Waals surface area contributed by atoms with Gasteiger partial charge in [-0.1, -0.05) is 30.3 Å². The van der Waals surface area contributed by atoms with Gasteiger partial charge in [0.05, 0.1) is 12.2 Å². The topological polar surface area (TPSA) is 80.3 Å². The van der Waals surface area contributed by atoms with E-state index in [1.165, 1.54) is 6.92 Å². The van der Waals surface area contributed by atoms with Gasteiger partial charge in [0.1, 0.15) is 0 Å². The van der Waals surface area contributed by atoms with Crippen molar-refractivity contribution in [2.75, 3.05) is 5.75 Å². The molecule has 92 valence electrons. The zero-order valence-electron chi connectivity index (χ0n) is 9.34. The molecule has 0 aliphatic rings. The number of hydrogen-bond acceptors (Lipinski definition) is 4. The maximum absolute atomic E-state index is 11.6. The van der Waals surface area contributed by atoms with Crippen LogP contribution in [0.25, 0.3) is 0 Å². The number of ketones is 1. The highest BCUT2D eigenvalue weighted by atomic mass is 32.2. The Morgan fingerprint density at radius 3 is 2.29 bits per heavy atom. The van der Waals surface area contributed by atoms with Gasteiger partial charge >= 0.3 is 0 Å². The molecule has 1 N–H and O–H groups in total. The van der Waals surface area contributed by atoms with E-state index < -0.39 is 28.1 Å². The minimum atomic E-state index is -3.60. The fraction of sp³-hybridized carbons (Fsp3) is 0.273. The number of benzene rings is 1. The molecule has 1 rings (SSSR count). The third-order valence-corrected chi connectivity index (χ3v) is 3.37. The number of carbonyl (C=O) groups is 2. The van der Waals surface area contributed by atoms with Crippen LogP contribution in [0.2, 0.25) is 0 Å². The zero-order chi connectivity index (χ0) is 12.9. The second kappa shape index (κ2) is 5.58. The molecule has 0 radical (unpaired) electrons. The van der Waals surface area contributed by atoms with Crippen molar-refractivity contribution < 1.29 is 18.0 Å². The predicted octanol–water partition coefficient (Wildman–Crippen LogP) is 0.725. The molecule has 0 saturated carbocycles. The molecule has 1 aromatic rings. The lowest BCUT2D eigenvalue weighted by Gasteiger charge is -2.04. The minimum absolute atomic E-state index is 0.196. The summed E-state index contributed by atoms with van der Waals surface area (Å²) in [5.74, 6) is -1.41. The molecule has 0 spiro atoms. The SMILES string of the molecule is CCS(=O)(=O)NC(=O)CC(=O)c1ccccc1. The molecule has 0 fully saturated rings.